The van der Waals surface area contributed by atoms with Crippen molar-refractivity contribution in [3.63, 3.8) is 0 Å². The number of benzene rings is 4. The highest BCUT2D eigenvalue weighted by molar-refractivity contribution is 6.17. The number of allylic oxidation sites excluding steroid dienone is 2. The minimum atomic E-state index is 0.935. The lowest BCUT2D eigenvalue weighted by Crippen LogP contribution is -2.02. The Bertz CT molecular complexity index is 1270. The maximum absolute atomic E-state index is 5.29. The zero-order valence-corrected chi connectivity index (χ0v) is 23.1. The zero-order chi connectivity index (χ0) is 26.7. The van der Waals surface area contributed by atoms with Crippen LogP contribution in [0, 0.1) is 0 Å². The van der Waals surface area contributed by atoms with Crippen LogP contribution in [0.3, 0.4) is 0 Å². The molecule has 0 N–H and O–H groups in total. The minimum absolute atomic E-state index is 0.935. The number of nitrogens with zero attached hydrogens (tertiary/aromatic N) is 2. The van der Waals surface area contributed by atoms with Gasteiger partial charge in [-0.25, -0.2) is 9.98 Å². The van der Waals surface area contributed by atoms with Crippen molar-refractivity contribution in [3.05, 3.63) is 143 Å². The SMILES string of the molecule is CCc1cccc(CC)c1N=C(/C=C/C(=Nc1c(CC)cccc1CC)c1ccccc1)c1ccccc1. The summed E-state index contributed by atoms with van der Waals surface area (Å²) in [7, 11) is 0. The lowest BCUT2D eigenvalue weighted by atomic mass is 10.0. The molecule has 0 heterocycles. The van der Waals surface area contributed by atoms with Gasteiger partial charge in [-0.15, -0.1) is 0 Å². The molecule has 2 nitrogen and oxygen atoms in total. The third kappa shape index (κ3) is 6.44. The molecule has 4 rings (SSSR count). The quantitative estimate of drug-likeness (QED) is 0.195. The normalized spacial score (nSPS) is 12.3. The van der Waals surface area contributed by atoms with Crippen molar-refractivity contribution in [2.45, 2.75) is 53.4 Å². The van der Waals surface area contributed by atoms with Crippen molar-refractivity contribution >= 4 is 22.8 Å². The molecule has 2 heteroatoms. The highest BCUT2D eigenvalue weighted by Gasteiger charge is 2.10. The van der Waals surface area contributed by atoms with Gasteiger partial charge in [-0.1, -0.05) is 125 Å². The van der Waals surface area contributed by atoms with E-state index in [1.54, 1.807) is 0 Å². The summed E-state index contributed by atoms with van der Waals surface area (Å²) in [6, 6.07) is 33.9. The van der Waals surface area contributed by atoms with E-state index in [-0.39, 0.29) is 0 Å². The van der Waals surface area contributed by atoms with Crippen molar-refractivity contribution in [2.75, 3.05) is 0 Å². The van der Waals surface area contributed by atoms with Crippen LogP contribution in [0.25, 0.3) is 0 Å². The van der Waals surface area contributed by atoms with Gasteiger partial charge in [0.05, 0.1) is 22.8 Å². The third-order valence-electron chi connectivity index (χ3n) is 6.93. The Hall–Kier alpha value is -4.04. The van der Waals surface area contributed by atoms with Crippen molar-refractivity contribution in [3.8, 4) is 0 Å². The first-order valence-electron chi connectivity index (χ1n) is 13.9. The fourth-order valence-electron chi connectivity index (χ4n) is 4.73. The van der Waals surface area contributed by atoms with Crippen LogP contribution in [0.1, 0.15) is 61.1 Å². The molecular formula is C36H38N2. The Kier molecular flexibility index (Phi) is 9.59. The number of aliphatic imine (C=N–C) groups is 2. The molecule has 4 aromatic carbocycles. The summed E-state index contributed by atoms with van der Waals surface area (Å²) in [5.41, 5.74) is 11.3. The molecule has 0 fully saturated rings. The summed E-state index contributed by atoms with van der Waals surface area (Å²) < 4.78 is 0. The second-order valence-electron chi connectivity index (χ2n) is 9.32. The van der Waals surface area contributed by atoms with E-state index in [1.807, 2.05) is 12.1 Å². The second kappa shape index (κ2) is 13.5. The molecule has 192 valence electrons. The first-order chi connectivity index (χ1) is 18.7. The van der Waals surface area contributed by atoms with Crippen molar-refractivity contribution < 1.29 is 0 Å². The number of hydrogen-bond donors (Lipinski definition) is 0. The van der Waals surface area contributed by atoms with E-state index < -0.39 is 0 Å². The van der Waals surface area contributed by atoms with Gasteiger partial charge >= 0.3 is 0 Å². The molecule has 0 amide bonds. The molecule has 4 aromatic rings. The van der Waals surface area contributed by atoms with Gasteiger partial charge in [0.25, 0.3) is 0 Å². The summed E-state index contributed by atoms with van der Waals surface area (Å²) in [5.74, 6) is 0. The largest absolute Gasteiger partial charge is 0.248 e. The smallest absolute Gasteiger partial charge is 0.0710 e. The standard InChI is InChI=1S/C36H38N2/c1-5-27-21-15-22-28(6-2)35(27)37-33(31-17-11-9-12-18-31)25-26-34(32-19-13-10-14-20-32)38-36-29(7-3)23-16-24-30(36)8-4/h9-26H,5-8H2,1-4H3/b26-25+,37-33?,38-34?. The van der Waals surface area contributed by atoms with Crippen LogP contribution in [-0.2, 0) is 25.7 Å². The summed E-state index contributed by atoms with van der Waals surface area (Å²) in [4.78, 5) is 10.6. The van der Waals surface area contributed by atoms with Crippen molar-refractivity contribution in [2.24, 2.45) is 9.98 Å². The second-order valence-corrected chi connectivity index (χ2v) is 9.32. The molecule has 0 atom stereocenters. The number of rotatable bonds is 10. The molecule has 0 radical (unpaired) electrons. The molecule has 0 aliphatic carbocycles. The molecule has 0 bridgehead atoms. The van der Waals surface area contributed by atoms with Crippen LogP contribution in [-0.4, -0.2) is 11.4 Å². The topological polar surface area (TPSA) is 24.7 Å². The average Bonchev–Trinajstić information content (AvgIpc) is 2.99. The first kappa shape index (κ1) is 27.0. The van der Waals surface area contributed by atoms with Gasteiger partial charge < -0.3 is 0 Å². The van der Waals surface area contributed by atoms with E-state index in [1.165, 1.54) is 22.3 Å². The third-order valence-corrected chi connectivity index (χ3v) is 6.93. The molecule has 0 spiro atoms. The van der Waals surface area contributed by atoms with Crippen LogP contribution in [0.5, 0.6) is 0 Å². The number of para-hydroxylation sites is 2. The van der Waals surface area contributed by atoms with E-state index in [9.17, 15) is 0 Å². The van der Waals surface area contributed by atoms with E-state index in [2.05, 4.69) is 125 Å². The van der Waals surface area contributed by atoms with Gasteiger partial charge in [-0.2, -0.15) is 0 Å². The van der Waals surface area contributed by atoms with E-state index >= 15 is 0 Å². The lowest BCUT2D eigenvalue weighted by molar-refractivity contribution is 1.08. The highest BCUT2D eigenvalue weighted by Crippen LogP contribution is 2.29. The van der Waals surface area contributed by atoms with Crippen molar-refractivity contribution in [1.29, 1.82) is 0 Å². The molecule has 0 aliphatic heterocycles. The van der Waals surface area contributed by atoms with Gasteiger partial charge in [0.1, 0.15) is 0 Å². The molecule has 38 heavy (non-hydrogen) atoms. The minimum Gasteiger partial charge on any atom is -0.248 e. The van der Waals surface area contributed by atoms with Gasteiger partial charge in [-0.3, -0.25) is 0 Å². The van der Waals surface area contributed by atoms with E-state index in [0.717, 1.165) is 59.6 Å². The highest BCUT2D eigenvalue weighted by atomic mass is 14.8. The maximum atomic E-state index is 5.29. The average molecular weight is 499 g/mol. The van der Waals surface area contributed by atoms with Gasteiger partial charge in [-0.05, 0) is 60.1 Å². The number of aryl methyl sites for hydroxylation is 4. The van der Waals surface area contributed by atoms with Crippen molar-refractivity contribution in [1.82, 2.24) is 0 Å². The summed E-state index contributed by atoms with van der Waals surface area (Å²) >= 11 is 0. The maximum Gasteiger partial charge on any atom is 0.0710 e. The van der Waals surface area contributed by atoms with E-state index in [4.69, 9.17) is 9.98 Å². The molecule has 0 aromatic heterocycles. The van der Waals surface area contributed by atoms with Crippen LogP contribution in [0.2, 0.25) is 0 Å². The monoisotopic (exact) mass is 498 g/mol. The Morgan fingerprint density at radius 1 is 0.447 bits per heavy atom. The van der Waals surface area contributed by atoms with Gasteiger partial charge in [0.2, 0.25) is 0 Å². The summed E-state index contributed by atoms with van der Waals surface area (Å²) in [5, 5.41) is 0. The fraction of sp³-hybridized carbons (Fsp3) is 0.222. The predicted octanol–water partition coefficient (Wildman–Crippen LogP) is 9.43. The van der Waals surface area contributed by atoms with Crippen LogP contribution in [0.15, 0.2) is 119 Å². The lowest BCUT2D eigenvalue weighted by Gasteiger charge is -2.12. The molecule has 0 aliphatic rings. The Morgan fingerprint density at radius 2 is 0.763 bits per heavy atom. The fourth-order valence-corrected chi connectivity index (χ4v) is 4.73. The van der Waals surface area contributed by atoms with Gasteiger partial charge in [0, 0.05) is 11.1 Å². The molecule has 0 saturated heterocycles. The Balaban J connectivity index is 1.90. The zero-order valence-electron chi connectivity index (χ0n) is 23.1. The van der Waals surface area contributed by atoms with Gasteiger partial charge in [0.15, 0.2) is 0 Å². The predicted molar refractivity (Wildman–Crippen MR) is 165 cm³/mol. The Labute approximate surface area is 228 Å². The molecule has 0 unspecified atom stereocenters. The summed E-state index contributed by atoms with van der Waals surface area (Å²) in [6.45, 7) is 8.79. The van der Waals surface area contributed by atoms with Crippen LogP contribution < -0.4 is 0 Å². The number of hydrogen-bond acceptors (Lipinski definition) is 2. The van der Waals surface area contributed by atoms with Crippen LogP contribution >= 0.6 is 0 Å². The summed E-state index contributed by atoms with van der Waals surface area (Å²) in [6.07, 6.45) is 8.05. The Morgan fingerprint density at radius 3 is 1.05 bits per heavy atom. The van der Waals surface area contributed by atoms with E-state index in [0.29, 0.717) is 0 Å². The molecular weight excluding hydrogens is 460 g/mol. The first-order valence-corrected chi connectivity index (χ1v) is 13.9. The molecule has 0 saturated carbocycles. The van der Waals surface area contributed by atoms with Crippen LogP contribution in [0.4, 0.5) is 11.4 Å².